The van der Waals surface area contributed by atoms with Gasteiger partial charge < -0.3 is 5.73 Å². The molecular formula is C12H18N2. The minimum Gasteiger partial charge on any atom is -0.399 e. The van der Waals surface area contributed by atoms with Gasteiger partial charge in [0.2, 0.25) is 0 Å². The molecule has 14 heavy (non-hydrogen) atoms. The molecule has 0 amide bonds. The normalized spacial score (nSPS) is 27.4. The molecule has 76 valence electrons. The molecule has 1 aliphatic rings. The van der Waals surface area contributed by atoms with E-state index in [1.54, 1.807) is 0 Å². The lowest BCUT2D eigenvalue weighted by molar-refractivity contribution is 0.204. The molecule has 1 aromatic rings. The van der Waals surface area contributed by atoms with E-state index < -0.39 is 0 Å². The van der Waals surface area contributed by atoms with Gasteiger partial charge in [-0.1, -0.05) is 13.0 Å². The van der Waals surface area contributed by atoms with Crippen molar-refractivity contribution in [3.05, 3.63) is 29.3 Å². The molecular weight excluding hydrogens is 172 g/mol. The molecule has 0 saturated carbocycles. The van der Waals surface area contributed by atoms with Crippen LogP contribution in [0.2, 0.25) is 0 Å². The van der Waals surface area contributed by atoms with E-state index in [1.807, 2.05) is 6.07 Å². The summed E-state index contributed by atoms with van der Waals surface area (Å²) in [6.07, 6.45) is 0. The van der Waals surface area contributed by atoms with Crippen LogP contribution in [0.5, 0.6) is 0 Å². The van der Waals surface area contributed by atoms with Crippen LogP contribution in [0.3, 0.4) is 0 Å². The first-order chi connectivity index (χ1) is 6.59. The summed E-state index contributed by atoms with van der Waals surface area (Å²) in [5.74, 6) is 0.601. The second-order valence-corrected chi connectivity index (χ2v) is 4.40. The van der Waals surface area contributed by atoms with Crippen molar-refractivity contribution in [1.29, 1.82) is 0 Å². The average Bonchev–Trinajstić information content (AvgIpc) is 2.14. The average molecular weight is 190 g/mol. The molecule has 0 aromatic heterocycles. The number of hydrogen-bond donors (Lipinski definition) is 1. The maximum absolute atomic E-state index is 5.79. The van der Waals surface area contributed by atoms with Crippen molar-refractivity contribution in [1.82, 2.24) is 4.90 Å². The van der Waals surface area contributed by atoms with Crippen LogP contribution in [-0.4, -0.2) is 18.0 Å². The highest BCUT2D eigenvalue weighted by atomic mass is 15.1. The van der Waals surface area contributed by atoms with Crippen molar-refractivity contribution in [2.45, 2.75) is 32.4 Å². The number of benzene rings is 1. The van der Waals surface area contributed by atoms with Crippen molar-refractivity contribution in [3.63, 3.8) is 0 Å². The molecule has 2 N–H and O–H groups in total. The second kappa shape index (κ2) is 3.28. The first-order valence-electron chi connectivity index (χ1n) is 5.18. The number of hydrogen-bond acceptors (Lipinski definition) is 2. The van der Waals surface area contributed by atoms with E-state index in [-0.39, 0.29) is 0 Å². The summed E-state index contributed by atoms with van der Waals surface area (Å²) >= 11 is 0. The molecule has 0 fully saturated rings. The van der Waals surface area contributed by atoms with Gasteiger partial charge in [0, 0.05) is 18.3 Å². The van der Waals surface area contributed by atoms with Crippen LogP contribution in [0.15, 0.2) is 18.2 Å². The van der Waals surface area contributed by atoms with Crippen molar-refractivity contribution < 1.29 is 0 Å². The van der Waals surface area contributed by atoms with Crippen LogP contribution in [0.25, 0.3) is 0 Å². The minimum absolute atomic E-state index is 0.601. The van der Waals surface area contributed by atoms with Gasteiger partial charge in [-0.3, -0.25) is 4.90 Å². The molecule has 0 aliphatic carbocycles. The van der Waals surface area contributed by atoms with Gasteiger partial charge in [0.25, 0.3) is 0 Å². The van der Waals surface area contributed by atoms with Crippen LogP contribution < -0.4 is 5.73 Å². The standard InChI is InChI=1S/C12H18N2/c1-8-9(2)14(3)7-10-6-11(13)4-5-12(8)10/h4-6,8-9H,7,13H2,1-3H3. The lowest BCUT2D eigenvalue weighted by Gasteiger charge is -2.37. The Balaban J connectivity index is 2.45. The summed E-state index contributed by atoms with van der Waals surface area (Å²) in [5.41, 5.74) is 9.51. The Bertz CT molecular complexity index is 346. The van der Waals surface area contributed by atoms with E-state index in [0.717, 1.165) is 12.2 Å². The predicted molar refractivity (Wildman–Crippen MR) is 60.2 cm³/mol. The molecule has 0 saturated heterocycles. The van der Waals surface area contributed by atoms with Crippen LogP contribution in [0, 0.1) is 0 Å². The van der Waals surface area contributed by atoms with E-state index in [9.17, 15) is 0 Å². The van der Waals surface area contributed by atoms with Gasteiger partial charge in [-0.05, 0) is 43.1 Å². The van der Waals surface area contributed by atoms with Crippen LogP contribution in [-0.2, 0) is 6.54 Å². The molecule has 0 bridgehead atoms. The topological polar surface area (TPSA) is 29.3 Å². The third kappa shape index (κ3) is 1.40. The molecule has 1 aliphatic heterocycles. The Hall–Kier alpha value is -1.02. The summed E-state index contributed by atoms with van der Waals surface area (Å²) in [5, 5.41) is 0. The van der Waals surface area contributed by atoms with Crippen molar-refractivity contribution in [2.75, 3.05) is 12.8 Å². The summed E-state index contributed by atoms with van der Waals surface area (Å²) in [4.78, 5) is 2.38. The zero-order valence-electron chi connectivity index (χ0n) is 9.12. The highest BCUT2D eigenvalue weighted by Gasteiger charge is 2.26. The number of likely N-dealkylation sites (N-methyl/N-ethyl adjacent to an activating group) is 1. The highest BCUT2D eigenvalue weighted by Crippen LogP contribution is 2.32. The number of fused-ring (bicyclic) bond motifs is 1. The number of nitrogens with zero attached hydrogens (tertiary/aromatic N) is 1. The van der Waals surface area contributed by atoms with Crippen molar-refractivity contribution in [2.24, 2.45) is 0 Å². The number of anilines is 1. The monoisotopic (exact) mass is 190 g/mol. The molecule has 2 unspecified atom stereocenters. The highest BCUT2D eigenvalue weighted by molar-refractivity contribution is 5.47. The molecule has 2 atom stereocenters. The summed E-state index contributed by atoms with van der Waals surface area (Å²) < 4.78 is 0. The molecule has 0 spiro atoms. The third-order valence-corrected chi connectivity index (χ3v) is 3.50. The van der Waals surface area contributed by atoms with Crippen LogP contribution in [0.1, 0.15) is 30.9 Å². The van der Waals surface area contributed by atoms with E-state index in [1.165, 1.54) is 11.1 Å². The smallest absolute Gasteiger partial charge is 0.0317 e. The van der Waals surface area contributed by atoms with E-state index in [0.29, 0.717) is 12.0 Å². The quantitative estimate of drug-likeness (QED) is 0.635. The Morgan fingerprint density at radius 3 is 2.79 bits per heavy atom. The fourth-order valence-electron chi connectivity index (χ4n) is 2.26. The molecule has 2 nitrogen and oxygen atoms in total. The molecule has 1 heterocycles. The number of rotatable bonds is 0. The Morgan fingerprint density at radius 2 is 2.07 bits per heavy atom. The van der Waals surface area contributed by atoms with Crippen molar-refractivity contribution >= 4 is 5.69 Å². The maximum atomic E-state index is 5.79. The molecule has 2 heteroatoms. The van der Waals surface area contributed by atoms with Gasteiger partial charge in [-0.15, -0.1) is 0 Å². The fourth-order valence-corrected chi connectivity index (χ4v) is 2.26. The van der Waals surface area contributed by atoms with Gasteiger partial charge in [-0.2, -0.15) is 0 Å². The zero-order valence-corrected chi connectivity index (χ0v) is 9.12. The second-order valence-electron chi connectivity index (χ2n) is 4.40. The zero-order chi connectivity index (χ0) is 10.3. The van der Waals surface area contributed by atoms with E-state index in [4.69, 9.17) is 5.73 Å². The van der Waals surface area contributed by atoms with Gasteiger partial charge in [0.05, 0.1) is 0 Å². The van der Waals surface area contributed by atoms with Gasteiger partial charge in [0.1, 0.15) is 0 Å². The SMILES string of the molecule is CC1c2ccc(N)cc2CN(C)C1C. The number of nitrogen functional groups attached to an aromatic ring is 1. The van der Waals surface area contributed by atoms with E-state index in [2.05, 4.69) is 37.9 Å². The Kier molecular flexibility index (Phi) is 2.23. The van der Waals surface area contributed by atoms with Crippen molar-refractivity contribution in [3.8, 4) is 0 Å². The lowest BCUT2D eigenvalue weighted by atomic mass is 9.85. The Labute approximate surface area is 85.7 Å². The molecule has 1 aromatic carbocycles. The lowest BCUT2D eigenvalue weighted by Crippen LogP contribution is -2.37. The van der Waals surface area contributed by atoms with Gasteiger partial charge >= 0.3 is 0 Å². The molecule has 2 rings (SSSR count). The third-order valence-electron chi connectivity index (χ3n) is 3.50. The predicted octanol–water partition coefficient (Wildman–Crippen LogP) is 2.21. The van der Waals surface area contributed by atoms with E-state index >= 15 is 0 Å². The molecule has 0 radical (unpaired) electrons. The first kappa shape index (κ1) is 9.53. The van der Waals surface area contributed by atoms with Gasteiger partial charge in [-0.25, -0.2) is 0 Å². The summed E-state index contributed by atoms with van der Waals surface area (Å²) in [7, 11) is 2.17. The fraction of sp³-hybridized carbons (Fsp3) is 0.500. The Morgan fingerprint density at radius 1 is 1.36 bits per heavy atom. The summed E-state index contributed by atoms with van der Waals surface area (Å²) in [6.45, 7) is 5.59. The number of nitrogens with two attached hydrogens (primary N) is 1. The first-order valence-corrected chi connectivity index (χ1v) is 5.18. The maximum Gasteiger partial charge on any atom is 0.0317 e. The van der Waals surface area contributed by atoms with Crippen LogP contribution in [0.4, 0.5) is 5.69 Å². The van der Waals surface area contributed by atoms with Crippen LogP contribution >= 0.6 is 0 Å². The largest absolute Gasteiger partial charge is 0.399 e. The van der Waals surface area contributed by atoms with Gasteiger partial charge in [0.15, 0.2) is 0 Å². The minimum atomic E-state index is 0.601. The summed E-state index contributed by atoms with van der Waals surface area (Å²) in [6, 6.07) is 6.91.